The Hall–Kier alpha value is -3.61. The van der Waals surface area contributed by atoms with E-state index in [0.29, 0.717) is 11.4 Å². The van der Waals surface area contributed by atoms with Crippen molar-refractivity contribution in [1.29, 1.82) is 0 Å². The summed E-state index contributed by atoms with van der Waals surface area (Å²) in [4.78, 5) is 41.2. The van der Waals surface area contributed by atoms with Gasteiger partial charge in [0.2, 0.25) is 0 Å². The number of rotatable bonds is 6. The predicted molar refractivity (Wildman–Crippen MR) is 119 cm³/mol. The molecule has 160 valence electrons. The van der Waals surface area contributed by atoms with E-state index in [1.807, 2.05) is 18.2 Å². The molecule has 0 bridgehead atoms. The van der Waals surface area contributed by atoms with E-state index in [0.717, 1.165) is 42.8 Å². The maximum absolute atomic E-state index is 13.1. The van der Waals surface area contributed by atoms with Gasteiger partial charge in [0, 0.05) is 24.8 Å². The molecule has 2 aliphatic heterocycles. The van der Waals surface area contributed by atoms with E-state index in [2.05, 4.69) is 17.1 Å². The number of urea groups is 1. The normalized spacial score (nSPS) is 17.2. The summed E-state index contributed by atoms with van der Waals surface area (Å²) < 4.78 is 5.18. The van der Waals surface area contributed by atoms with Crippen molar-refractivity contribution in [1.82, 2.24) is 5.32 Å². The van der Waals surface area contributed by atoms with Crippen molar-refractivity contribution < 1.29 is 19.1 Å². The molecule has 1 fully saturated rings. The first-order valence-electron chi connectivity index (χ1n) is 10.4. The summed E-state index contributed by atoms with van der Waals surface area (Å²) in [5.74, 6) is -0.849. The number of nitrogens with zero attached hydrogens (tertiary/aromatic N) is 2. The zero-order valence-electron chi connectivity index (χ0n) is 17.7. The van der Waals surface area contributed by atoms with E-state index in [1.54, 1.807) is 30.3 Å². The lowest BCUT2D eigenvalue weighted by atomic mass is 10.0. The van der Waals surface area contributed by atoms with E-state index in [9.17, 15) is 14.4 Å². The number of imide groups is 2. The Morgan fingerprint density at radius 3 is 2.74 bits per heavy atom. The Bertz CT molecular complexity index is 1080. The zero-order valence-corrected chi connectivity index (χ0v) is 17.7. The summed E-state index contributed by atoms with van der Waals surface area (Å²) in [5.41, 5.74) is 3.43. The highest BCUT2D eigenvalue weighted by atomic mass is 16.5. The summed E-state index contributed by atoms with van der Waals surface area (Å²) in [6.07, 6.45) is 4.78. The highest BCUT2D eigenvalue weighted by Crippen LogP contribution is 2.30. The summed E-state index contributed by atoms with van der Waals surface area (Å²) in [6.45, 7) is 4.19. The number of nitrogens with one attached hydrogen (secondary N) is 1. The minimum Gasteiger partial charge on any atom is -0.497 e. The average molecular weight is 419 g/mol. The predicted octanol–water partition coefficient (Wildman–Crippen LogP) is 3.52. The maximum atomic E-state index is 13.1. The first kappa shape index (κ1) is 20.7. The van der Waals surface area contributed by atoms with E-state index >= 15 is 0 Å². The summed E-state index contributed by atoms with van der Waals surface area (Å²) in [6, 6.07) is 11.8. The van der Waals surface area contributed by atoms with Gasteiger partial charge in [0.15, 0.2) is 0 Å². The molecular weight excluding hydrogens is 394 g/mol. The van der Waals surface area contributed by atoms with Crippen LogP contribution in [-0.4, -0.2) is 38.0 Å². The molecule has 0 aromatic heterocycles. The van der Waals surface area contributed by atoms with Gasteiger partial charge in [-0.1, -0.05) is 25.5 Å². The van der Waals surface area contributed by atoms with Crippen LogP contribution in [0.2, 0.25) is 0 Å². The third-order valence-corrected chi connectivity index (χ3v) is 5.60. The van der Waals surface area contributed by atoms with E-state index in [1.165, 1.54) is 18.4 Å². The molecule has 0 unspecified atom stereocenters. The summed E-state index contributed by atoms with van der Waals surface area (Å²) in [5, 5.41) is 2.26. The van der Waals surface area contributed by atoms with Crippen molar-refractivity contribution >= 4 is 35.3 Å². The quantitative estimate of drug-likeness (QED) is 0.573. The molecule has 0 spiro atoms. The molecule has 1 saturated heterocycles. The van der Waals surface area contributed by atoms with Gasteiger partial charge in [0.1, 0.15) is 11.3 Å². The molecule has 0 atom stereocenters. The zero-order chi connectivity index (χ0) is 22.0. The molecule has 4 rings (SSSR count). The third kappa shape index (κ3) is 4.03. The number of barbiturate groups is 1. The number of carbonyl (C=O) groups is 3. The molecule has 2 aromatic carbocycles. The maximum Gasteiger partial charge on any atom is 0.335 e. The van der Waals surface area contributed by atoms with Gasteiger partial charge in [-0.3, -0.25) is 14.9 Å². The number of carbonyl (C=O) groups excluding carboxylic acids is 3. The number of amides is 4. The van der Waals surface area contributed by atoms with Crippen molar-refractivity contribution in [3.05, 3.63) is 59.2 Å². The highest BCUT2D eigenvalue weighted by Gasteiger charge is 2.37. The Morgan fingerprint density at radius 2 is 1.97 bits per heavy atom. The SMILES string of the molecule is CCCCN1CCc2cc(/C=C3\C(=O)NC(=O)N(c4cccc(OC)c4)C3=O)ccc21. The van der Waals surface area contributed by atoms with Crippen LogP contribution in [0.25, 0.3) is 6.08 Å². The van der Waals surface area contributed by atoms with Crippen LogP contribution in [0.3, 0.4) is 0 Å². The number of unbranched alkanes of at least 4 members (excludes halogenated alkanes) is 1. The van der Waals surface area contributed by atoms with Gasteiger partial charge in [-0.25, -0.2) is 9.69 Å². The largest absolute Gasteiger partial charge is 0.497 e. The molecular formula is C24H25N3O4. The van der Waals surface area contributed by atoms with Crippen LogP contribution >= 0.6 is 0 Å². The van der Waals surface area contributed by atoms with Crippen LogP contribution in [0.1, 0.15) is 30.9 Å². The van der Waals surface area contributed by atoms with Gasteiger partial charge in [0.25, 0.3) is 11.8 Å². The number of hydrogen-bond acceptors (Lipinski definition) is 5. The lowest BCUT2D eigenvalue weighted by molar-refractivity contribution is -0.122. The molecule has 0 radical (unpaired) electrons. The Kier molecular flexibility index (Phi) is 5.75. The number of ether oxygens (including phenoxy) is 1. The molecule has 0 aliphatic carbocycles. The van der Waals surface area contributed by atoms with E-state index in [-0.39, 0.29) is 5.57 Å². The second kappa shape index (κ2) is 8.63. The molecule has 2 heterocycles. The lowest BCUT2D eigenvalue weighted by Crippen LogP contribution is -2.54. The van der Waals surface area contributed by atoms with Gasteiger partial charge >= 0.3 is 6.03 Å². The van der Waals surface area contributed by atoms with Gasteiger partial charge < -0.3 is 9.64 Å². The second-order valence-corrected chi connectivity index (χ2v) is 7.64. The molecule has 4 amide bonds. The summed E-state index contributed by atoms with van der Waals surface area (Å²) >= 11 is 0. The number of hydrogen-bond donors (Lipinski definition) is 1. The number of anilines is 2. The van der Waals surface area contributed by atoms with Crippen molar-refractivity contribution in [2.75, 3.05) is 30.0 Å². The minimum absolute atomic E-state index is 0.0804. The fraction of sp³-hybridized carbons (Fsp3) is 0.292. The van der Waals surface area contributed by atoms with Crippen molar-refractivity contribution in [3.63, 3.8) is 0 Å². The summed E-state index contributed by atoms with van der Waals surface area (Å²) in [7, 11) is 1.50. The number of benzene rings is 2. The van der Waals surface area contributed by atoms with Crippen LogP contribution < -0.4 is 19.9 Å². The lowest BCUT2D eigenvalue weighted by Gasteiger charge is -2.26. The van der Waals surface area contributed by atoms with Gasteiger partial charge in [0.05, 0.1) is 12.8 Å². The Morgan fingerprint density at radius 1 is 1.13 bits per heavy atom. The molecule has 2 aliphatic rings. The average Bonchev–Trinajstić information content (AvgIpc) is 3.17. The van der Waals surface area contributed by atoms with Gasteiger partial charge in [-0.2, -0.15) is 0 Å². The van der Waals surface area contributed by atoms with E-state index in [4.69, 9.17) is 4.74 Å². The Labute approximate surface area is 181 Å². The minimum atomic E-state index is -0.777. The first-order valence-corrected chi connectivity index (χ1v) is 10.4. The molecule has 1 N–H and O–H groups in total. The fourth-order valence-electron chi connectivity index (χ4n) is 3.97. The van der Waals surface area contributed by atoms with E-state index < -0.39 is 17.8 Å². The van der Waals surface area contributed by atoms with Crippen LogP contribution in [0.4, 0.5) is 16.2 Å². The van der Waals surface area contributed by atoms with Crippen molar-refractivity contribution in [3.8, 4) is 5.75 Å². The molecule has 0 saturated carbocycles. The van der Waals surface area contributed by atoms with Crippen LogP contribution in [0.5, 0.6) is 5.75 Å². The molecule has 31 heavy (non-hydrogen) atoms. The first-order chi connectivity index (χ1) is 15.0. The molecule has 7 heteroatoms. The second-order valence-electron chi connectivity index (χ2n) is 7.64. The van der Waals surface area contributed by atoms with Gasteiger partial charge in [-0.05, 0) is 54.3 Å². The standard InChI is InChI=1S/C24H25N3O4/c1-3-4-11-26-12-10-17-13-16(8-9-21(17)26)14-20-22(28)25-24(30)27(23(20)29)18-6-5-7-19(15-18)31-2/h5-9,13-15H,3-4,10-12H2,1-2H3,(H,25,28,30)/b20-14+. The fourth-order valence-corrected chi connectivity index (χ4v) is 3.97. The van der Waals surface area contributed by atoms with Crippen molar-refractivity contribution in [2.24, 2.45) is 0 Å². The molecule has 2 aromatic rings. The smallest absolute Gasteiger partial charge is 0.335 e. The number of methoxy groups -OCH3 is 1. The third-order valence-electron chi connectivity index (χ3n) is 5.60. The van der Waals surface area contributed by atoms with Crippen molar-refractivity contribution in [2.45, 2.75) is 26.2 Å². The monoisotopic (exact) mass is 419 g/mol. The van der Waals surface area contributed by atoms with Gasteiger partial charge in [-0.15, -0.1) is 0 Å². The Balaban J connectivity index is 1.63. The number of fused-ring (bicyclic) bond motifs is 1. The van der Waals surface area contributed by atoms with Crippen LogP contribution in [-0.2, 0) is 16.0 Å². The highest BCUT2D eigenvalue weighted by molar-refractivity contribution is 6.39. The topological polar surface area (TPSA) is 79.0 Å². The van der Waals surface area contributed by atoms with Crippen LogP contribution in [0, 0.1) is 0 Å². The molecule has 7 nitrogen and oxygen atoms in total. The van der Waals surface area contributed by atoms with Crippen LogP contribution in [0.15, 0.2) is 48.0 Å².